The van der Waals surface area contributed by atoms with Gasteiger partial charge >= 0.3 is 0 Å². The van der Waals surface area contributed by atoms with E-state index in [-0.39, 0.29) is 5.75 Å². The number of fused-ring (bicyclic) bond motifs is 1. The first-order valence-corrected chi connectivity index (χ1v) is 4.75. The first-order valence-electron chi connectivity index (χ1n) is 4.75. The summed E-state index contributed by atoms with van der Waals surface area (Å²) in [5.41, 5.74) is 1.54. The van der Waals surface area contributed by atoms with Crippen molar-refractivity contribution < 1.29 is 9.90 Å². The largest absolute Gasteiger partial charge is 0.508 e. The van der Waals surface area contributed by atoms with Crippen molar-refractivity contribution in [1.29, 1.82) is 0 Å². The molecule has 4 nitrogen and oxygen atoms in total. The molecule has 0 radical (unpaired) electrons. The SMILES string of the molecule is O=CNC=Cc1cc(O)cc2cccnc12. The number of nitrogens with zero attached hydrogens (tertiary/aromatic N) is 1. The molecule has 0 aliphatic heterocycles. The molecule has 0 atom stereocenters. The first-order chi connectivity index (χ1) is 7.81. The molecule has 0 unspecified atom stereocenters. The summed E-state index contributed by atoms with van der Waals surface area (Å²) in [5.74, 6) is 0.172. The molecule has 1 heterocycles. The molecule has 1 aromatic heterocycles. The number of hydrogen-bond acceptors (Lipinski definition) is 3. The first kappa shape index (κ1) is 10.2. The highest BCUT2D eigenvalue weighted by Crippen LogP contribution is 2.23. The Morgan fingerprint density at radius 3 is 3.06 bits per heavy atom. The Morgan fingerprint density at radius 2 is 2.25 bits per heavy atom. The van der Waals surface area contributed by atoms with Crippen molar-refractivity contribution in [2.45, 2.75) is 0 Å². The molecule has 2 rings (SSSR count). The Hall–Kier alpha value is -2.36. The second kappa shape index (κ2) is 4.44. The van der Waals surface area contributed by atoms with E-state index in [1.165, 1.54) is 6.20 Å². The summed E-state index contributed by atoms with van der Waals surface area (Å²) in [6.07, 6.45) is 5.44. The molecular formula is C12H10N2O2. The maximum Gasteiger partial charge on any atom is 0.211 e. The Labute approximate surface area is 92.2 Å². The Kier molecular flexibility index (Phi) is 2.82. The van der Waals surface area contributed by atoms with Crippen LogP contribution < -0.4 is 5.32 Å². The fraction of sp³-hybridized carbons (Fsp3) is 0. The van der Waals surface area contributed by atoms with Gasteiger partial charge in [-0.2, -0.15) is 0 Å². The van der Waals surface area contributed by atoms with Crippen molar-refractivity contribution in [3.8, 4) is 5.75 Å². The maximum absolute atomic E-state index is 10.1. The number of amides is 1. The zero-order valence-corrected chi connectivity index (χ0v) is 8.42. The molecule has 16 heavy (non-hydrogen) atoms. The molecule has 0 aliphatic rings. The molecule has 2 N–H and O–H groups in total. The monoisotopic (exact) mass is 214 g/mol. The number of carbonyl (C=O) groups is 1. The lowest BCUT2D eigenvalue weighted by Crippen LogP contribution is -1.98. The summed E-state index contributed by atoms with van der Waals surface area (Å²) in [6, 6.07) is 6.91. The van der Waals surface area contributed by atoms with Crippen molar-refractivity contribution in [2.24, 2.45) is 0 Å². The van der Waals surface area contributed by atoms with E-state index in [4.69, 9.17) is 0 Å². The standard InChI is InChI=1S/C12H10N2O2/c15-8-13-5-3-10-7-11(16)6-9-2-1-4-14-12(9)10/h1-8,16H,(H,13,15). The molecule has 1 aromatic carbocycles. The summed E-state index contributed by atoms with van der Waals surface area (Å²) in [5, 5.41) is 12.8. The van der Waals surface area contributed by atoms with Gasteiger partial charge in [0.25, 0.3) is 0 Å². The Morgan fingerprint density at radius 1 is 1.38 bits per heavy atom. The van der Waals surface area contributed by atoms with Crippen LogP contribution in [0.15, 0.2) is 36.7 Å². The van der Waals surface area contributed by atoms with Gasteiger partial charge in [0, 0.05) is 23.3 Å². The van der Waals surface area contributed by atoms with Crippen LogP contribution in [0.2, 0.25) is 0 Å². The van der Waals surface area contributed by atoms with Crippen molar-refractivity contribution >= 4 is 23.4 Å². The van der Waals surface area contributed by atoms with Gasteiger partial charge in [0.05, 0.1) is 5.52 Å². The van der Waals surface area contributed by atoms with Crippen molar-refractivity contribution in [3.05, 3.63) is 42.2 Å². The minimum atomic E-state index is 0.172. The second-order valence-electron chi connectivity index (χ2n) is 3.23. The maximum atomic E-state index is 10.1. The number of benzene rings is 1. The van der Waals surface area contributed by atoms with Gasteiger partial charge in [-0.3, -0.25) is 9.78 Å². The molecule has 0 spiro atoms. The minimum absolute atomic E-state index is 0.172. The Balaban J connectivity index is 2.54. The van der Waals surface area contributed by atoms with Gasteiger partial charge in [-0.15, -0.1) is 0 Å². The summed E-state index contributed by atoms with van der Waals surface area (Å²) >= 11 is 0. The van der Waals surface area contributed by atoms with Gasteiger partial charge in [0.2, 0.25) is 6.41 Å². The van der Waals surface area contributed by atoms with E-state index in [2.05, 4.69) is 10.3 Å². The molecule has 0 fully saturated rings. The fourth-order valence-electron chi connectivity index (χ4n) is 1.51. The van der Waals surface area contributed by atoms with Gasteiger partial charge in [-0.05, 0) is 24.3 Å². The van der Waals surface area contributed by atoms with Crippen molar-refractivity contribution in [1.82, 2.24) is 10.3 Å². The lowest BCUT2D eigenvalue weighted by atomic mass is 10.1. The van der Waals surface area contributed by atoms with E-state index < -0.39 is 0 Å². The summed E-state index contributed by atoms with van der Waals surface area (Å²) in [6.45, 7) is 0. The van der Waals surface area contributed by atoms with Gasteiger partial charge in [-0.25, -0.2) is 0 Å². The average molecular weight is 214 g/mol. The van der Waals surface area contributed by atoms with E-state index in [0.29, 0.717) is 6.41 Å². The summed E-state index contributed by atoms with van der Waals surface area (Å²) in [7, 11) is 0. The Bertz CT molecular complexity index is 550. The van der Waals surface area contributed by atoms with E-state index >= 15 is 0 Å². The van der Waals surface area contributed by atoms with Crippen LogP contribution in [0, 0.1) is 0 Å². The summed E-state index contributed by atoms with van der Waals surface area (Å²) in [4.78, 5) is 14.3. The third-order valence-corrected chi connectivity index (χ3v) is 2.15. The van der Waals surface area contributed by atoms with Crippen LogP contribution in [0.5, 0.6) is 5.75 Å². The predicted octanol–water partition coefficient (Wildman–Crippen LogP) is 1.66. The van der Waals surface area contributed by atoms with E-state index in [1.54, 1.807) is 30.5 Å². The topological polar surface area (TPSA) is 62.2 Å². The van der Waals surface area contributed by atoms with Crippen molar-refractivity contribution in [3.63, 3.8) is 0 Å². The molecule has 1 amide bonds. The van der Waals surface area contributed by atoms with Crippen molar-refractivity contribution in [2.75, 3.05) is 0 Å². The van der Waals surface area contributed by atoms with Crippen LogP contribution in [0.3, 0.4) is 0 Å². The molecule has 4 heteroatoms. The number of rotatable bonds is 3. The smallest absolute Gasteiger partial charge is 0.211 e. The highest BCUT2D eigenvalue weighted by molar-refractivity contribution is 5.88. The number of phenolic OH excluding ortho intramolecular Hbond substituents is 1. The van der Waals surface area contributed by atoms with Gasteiger partial charge in [0.15, 0.2) is 0 Å². The molecule has 2 aromatic rings. The van der Waals surface area contributed by atoms with E-state index in [9.17, 15) is 9.90 Å². The second-order valence-corrected chi connectivity index (χ2v) is 3.23. The van der Waals surface area contributed by atoms with Gasteiger partial charge < -0.3 is 10.4 Å². The lowest BCUT2D eigenvalue weighted by molar-refractivity contribution is -0.108. The highest BCUT2D eigenvalue weighted by Gasteiger charge is 2.01. The number of pyridine rings is 1. The molecular weight excluding hydrogens is 204 g/mol. The zero-order valence-electron chi connectivity index (χ0n) is 8.42. The van der Waals surface area contributed by atoms with Crippen LogP contribution >= 0.6 is 0 Å². The highest BCUT2D eigenvalue weighted by atomic mass is 16.3. The van der Waals surface area contributed by atoms with Crippen LogP contribution in [0.1, 0.15) is 5.56 Å². The summed E-state index contributed by atoms with van der Waals surface area (Å²) < 4.78 is 0. The number of hydrogen-bond donors (Lipinski definition) is 2. The zero-order chi connectivity index (χ0) is 11.4. The van der Waals surface area contributed by atoms with Crippen LogP contribution in [0.4, 0.5) is 0 Å². The molecule has 0 aliphatic carbocycles. The normalized spacial score (nSPS) is 10.8. The number of nitrogens with one attached hydrogen (secondary N) is 1. The van der Waals surface area contributed by atoms with Crippen LogP contribution in [0.25, 0.3) is 17.0 Å². The third-order valence-electron chi connectivity index (χ3n) is 2.15. The molecule has 0 bridgehead atoms. The third kappa shape index (κ3) is 2.00. The quantitative estimate of drug-likeness (QED) is 0.764. The fourth-order valence-corrected chi connectivity index (χ4v) is 1.51. The van der Waals surface area contributed by atoms with Gasteiger partial charge in [-0.1, -0.05) is 6.07 Å². The molecule has 0 saturated carbocycles. The lowest BCUT2D eigenvalue weighted by Gasteiger charge is -2.02. The molecule has 80 valence electrons. The number of phenols is 1. The number of aromatic hydroxyl groups is 1. The van der Waals surface area contributed by atoms with E-state index in [0.717, 1.165) is 16.5 Å². The number of aromatic nitrogens is 1. The minimum Gasteiger partial charge on any atom is -0.508 e. The molecule has 0 saturated heterocycles. The van der Waals surface area contributed by atoms with Gasteiger partial charge in [0.1, 0.15) is 5.75 Å². The van der Waals surface area contributed by atoms with E-state index in [1.807, 2.05) is 6.07 Å². The number of carbonyl (C=O) groups excluding carboxylic acids is 1. The van der Waals surface area contributed by atoms with Crippen LogP contribution in [-0.2, 0) is 4.79 Å². The average Bonchev–Trinajstić information content (AvgIpc) is 2.29. The van der Waals surface area contributed by atoms with Crippen LogP contribution in [-0.4, -0.2) is 16.5 Å². The predicted molar refractivity (Wildman–Crippen MR) is 61.6 cm³/mol.